The number of morpholine rings is 1. The Balaban J connectivity index is 2.38. The molecule has 0 aliphatic carbocycles. The highest BCUT2D eigenvalue weighted by atomic mass is 32.1. The number of hydrogen-bond donors (Lipinski definition) is 1. The second kappa shape index (κ2) is 4.16. The summed E-state index contributed by atoms with van der Waals surface area (Å²) in [7, 11) is 0. The van der Waals surface area contributed by atoms with E-state index in [4.69, 9.17) is 22.7 Å². The summed E-state index contributed by atoms with van der Waals surface area (Å²) in [6.07, 6.45) is 0.589. The number of nitrogens with zero attached hydrogens (tertiary/aromatic N) is 1. The Morgan fingerprint density at radius 1 is 1.50 bits per heavy atom. The lowest BCUT2D eigenvalue weighted by Gasteiger charge is -2.34. The third-order valence-electron chi connectivity index (χ3n) is 1.87. The monoisotopic (exact) mass is 188 g/mol. The van der Waals surface area contributed by atoms with Crippen LogP contribution in [-0.4, -0.2) is 41.7 Å². The number of hydrogen-bond acceptors (Lipinski definition) is 3. The Bertz CT molecular complexity index is 164. The third-order valence-corrected chi connectivity index (χ3v) is 2.00. The van der Waals surface area contributed by atoms with Crippen LogP contribution in [-0.2, 0) is 4.74 Å². The van der Waals surface area contributed by atoms with Gasteiger partial charge in [0.15, 0.2) is 0 Å². The highest BCUT2D eigenvalue weighted by Gasteiger charge is 2.21. The standard InChI is InChI=1S/C8H16N2OS/c1-6-3-10(5-8(9)12)4-7(2)11-6/h6-7H,3-5H2,1-2H3,(H2,9,12)/t6-,7+. The van der Waals surface area contributed by atoms with E-state index in [1.54, 1.807) is 0 Å². The summed E-state index contributed by atoms with van der Waals surface area (Å²) in [4.78, 5) is 2.80. The van der Waals surface area contributed by atoms with Crippen LogP contribution in [0.3, 0.4) is 0 Å². The molecule has 0 radical (unpaired) electrons. The van der Waals surface area contributed by atoms with E-state index >= 15 is 0 Å². The fourth-order valence-corrected chi connectivity index (χ4v) is 1.82. The predicted molar refractivity (Wildman–Crippen MR) is 53.2 cm³/mol. The quantitative estimate of drug-likeness (QED) is 0.636. The Morgan fingerprint density at radius 3 is 2.42 bits per heavy atom. The summed E-state index contributed by atoms with van der Waals surface area (Å²) in [5.74, 6) is 0. The molecule has 2 atom stereocenters. The molecule has 0 saturated carbocycles. The highest BCUT2D eigenvalue weighted by Crippen LogP contribution is 2.09. The van der Waals surface area contributed by atoms with E-state index in [1.807, 2.05) is 0 Å². The molecule has 0 aromatic rings. The van der Waals surface area contributed by atoms with E-state index < -0.39 is 0 Å². The molecule has 1 saturated heterocycles. The van der Waals surface area contributed by atoms with Gasteiger partial charge in [0.25, 0.3) is 0 Å². The van der Waals surface area contributed by atoms with Crippen LogP contribution < -0.4 is 5.73 Å². The van der Waals surface area contributed by atoms with Crippen molar-refractivity contribution in [3.05, 3.63) is 0 Å². The first-order chi connectivity index (χ1) is 5.58. The van der Waals surface area contributed by atoms with E-state index in [0.717, 1.165) is 13.1 Å². The molecule has 12 heavy (non-hydrogen) atoms. The molecule has 1 heterocycles. The summed E-state index contributed by atoms with van der Waals surface area (Å²) in [6.45, 7) is 6.72. The van der Waals surface area contributed by atoms with Gasteiger partial charge in [-0.1, -0.05) is 12.2 Å². The summed E-state index contributed by atoms with van der Waals surface area (Å²) in [5, 5.41) is 0. The minimum atomic E-state index is 0.295. The van der Waals surface area contributed by atoms with E-state index in [2.05, 4.69) is 18.7 Å². The van der Waals surface area contributed by atoms with E-state index in [-0.39, 0.29) is 0 Å². The average Bonchev–Trinajstić information content (AvgIpc) is 1.81. The van der Waals surface area contributed by atoms with Crippen molar-refractivity contribution in [3.8, 4) is 0 Å². The molecular formula is C8H16N2OS. The Hall–Kier alpha value is -0.190. The van der Waals surface area contributed by atoms with Gasteiger partial charge in [0, 0.05) is 19.6 Å². The van der Waals surface area contributed by atoms with Crippen molar-refractivity contribution in [2.45, 2.75) is 26.1 Å². The largest absolute Gasteiger partial charge is 0.392 e. The molecule has 1 rings (SSSR count). The third kappa shape index (κ3) is 3.05. The van der Waals surface area contributed by atoms with E-state index in [0.29, 0.717) is 23.7 Å². The van der Waals surface area contributed by atoms with Crippen LogP contribution in [0.2, 0.25) is 0 Å². The van der Waals surface area contributed by atoms with Gasteiger partial charge in [-0.05, 0) is 13.8 Å². The summed E-state index contributed by atoms with van der Waals surface area (Å²) in [5.41, 5.74) is 5.46. The number of ether oxygens (including phenoxy) is 1. The van der Waals surface area contributed by atoms with Crippen LogP contribution in [0.15, 0.2) is 0 Å². The Kier molecular flexibility index (Phi) is 3.43. The smallest absolute Gasteiger partial charge is 0.0870 e. The average molecular weight is 188 g/mol. The maximum Gasteiger partial charge on any atom is 0.0870 e. The van der Waals surface area contributed by atoms with Gasteiger partial charge in [-0.25, -0.2) is 0 Å². The van der Waals surface area contributed by atoms with Crippen LogP contribution in [0, 0.1) is 0 Å². The molecule has 1 aliphatic rings. The zero-order valence-corrected chi connectivity index (χ0v) is 8.43. The van der Waals surface area contributed by atoms with Crippen molar-refractivity contribution in [3.63, 3.8) is 0 Å². The number of rotatable bonds is 2. The molecule has 0 spiro atoms. The van der Waals surface area contributed by atoms with Gasteiger partial charge < -0.3 is 10.5 Å². The SMILES string of the molecule is C[C@@H]1CN(CC(N)=S)C[C@H](C)O1. The van der Waals surface area contributed by atoms with Gasteiger partial charge >= 0.3 is 0 Å². The highest BCUT2D eigenvalue weighted by molar-refractivity contribution is 7.80. The molecule has 0 unspecified atom stereocenters. The molecule has 1 aliphatic heterocycles. The van der Waals surface area contributed by atoms with Crippen molar-refractivity contribution < 1.29 is 4.74 Å². The molecule has 0 bridgehead atoms. The number of thiocarbonyl (C=S) groups is 1. The molecule has 1 fully saturated rings. The zero-order chi connectivity index (χ0) is 9.14. The molecule has 2 N–H and O–H groups in total. The number of nitrogens with two attached hydrogens (primary N) is 1. The van der Waals surface area contributed by atoms with E-state index in [1.165, 1.54) is 0 Å². The minimum Gasteiger partial charge on any atom is -0.392 e. The first kappa shape index (κ1) is 9.89. The Morgan fingerprint density at radius 2 is 2.00 bits per heavy atom. The van der Waals surface area contributed by atoms with E-state index in [9.17, 15) is 0 Å². The fourth-order valence-electron chi connectivity index (χ4n) is 1.63. The van der Waals surface area contributed by atoms with Gasteiger partial charge in [0.2, 0.25) is 0 Å². The van der Waals surface area contributed by atoms with Crippen molar-refractivity contribution in [1.82, 2.24) is 4.90 Å². The lowest BCUT2D eigenvalue weighted by Crippen LogP contribution is -2.47. The molecule has 4 heteroatoms. The van der Waals surface area contributed by atoms with Crippen molar-refractivity contribution in [2.24, 2.45) is 5.73 Å². The zero-order valence-electron chi connectivity index (χ0n) is 7.62. The summed E-state index contributed by atoms with van der Waals surface area (Å²) >= 11 is 4.85. The van der Waals surface area contributed by atoms with Crippen molar-refractivity contribution >= 4 is 17.2 Å². The normalized spacial score (nSPS) is 31.8. The first-order valence-electron chi connectivity index (χ1n) is 4.24. The van der Waals surface area contributed by atoms with Crippen molar-refractivity contribution in [1.29, 1.82) is 0 Å². The molecule has 0 aromatic heterocycles. The summed E-state index contributed by atoms with van der Waals surface area (Å²) in [6, 6.07) is 0. The Labute approximate surface area is 78.9 Å². The molecule has 3 nitrogen and oxygen atoms in total. The molecule has 0 aromatic carbocycles. The van der Waals surface area contributed by atoms with Crippen molar-refractivity contribution in [2.75, 3.05) is 19.6 Å². The van der Waals surface area contributed by atoms with Gasteiger partial charge in [0.05, 0.1) is 17.2 Å². The molecular weight excluding hydrogens is 172 g/mol. The fraction of sp³-hybridized carbons (Fsp3) is 0.875. The van der Waals surface area contributed by atoms with Gasteiger partial charge in [-0.15, -0.1) is 0 Å². The van der Waals surface area contributed by atoms with Crippen LogP contribution in [0.5, 0.6) is 0 Å². The lowest BCUT2D eigenvalue weighted by molar-refractivity contribution is -0.0634. The predicted octanol–water partition coefficient (Wildman–Crippen LogP) is 0.382. The van der Waals surface area contributed by atoms with Crippen LogP contribution >= 0.6 is 12.2 Å². The topological polar surface area (TPSA) is 38.5 Å². The van der Waals surface area contributed by atoms with Gasteiger partial charge in [-0.3, -0.25) is 4.90 Å². The maximum absolute atomic E-state index is 5.57. The summed E-state index contributed by atoms with van der Waals surface area (Å²) < 4.78 is 5.57. The van der Waals surface area contributed by atoms with Crippen LogP contribution in [0.1, 0.15) is 13.8 Å². The van der Waals surface area contributed by atoms with Crippen LogP contribution in [0.4, 0.5) is 0 Å². The maximum atomic E-state index is 5.57. The lowest BCUT2D eigenvalue weighted by atomic mass is 10.2. The van der Waals surface area contributed by atoms with Crippen LogP contribution in [0.25, 0.3) is 0 Å². The molecule has 0 amide bonds. The first-order valence-corrected chi connectivity index (χ1v) is 4.65. The second-order valence-corrected chi connectivity index (χ2v) is 3.94. The minimum absolute atomic E-state index is 0.295. The second-order valence-electron chi connectivity index (χ2n) is 3.42. The molecule has 70 valence electrons. The van der Waals surface area contributed by atoms with Gasteiger partial charge in [0.1, 0.15) is 0 Å². The van der Waals surface area contributed by atoms with Gasteiger partial charge in [-0.2, -0.15) is 0 Å².